The molecule has 0 aliphatic heterocycles. The van der Waals surface area contributed by atoms with Crippen molar-refractivity contribution < 1.29 is 17.9 Å². The van der Waals surface area contributed by atoms with Crippen LogP contribution in [-0.2, 0) is 27.9 Å². The van der Waals surface area contributed by atoms with E-state index >= 15 is 0 Å². The van der Waals surface area contributed by atoms with E-state index in [4.69, 9.17) is 4.74 Å². The number of anilines is 1. The van der Waals surface area contributed by atoms with Gasteiger partial charge in [0.05, 0.1) is 12.9 Å². The van der Waals surface area contributed by atoms with Crippen LogP contribution in [0.15, 0.2) is 48.5 Å². The van der Waals surface area contributed by atoms with Crippen LogP contribution >= 0.6 is 0 Å². The minimum atomic E-state index is -3.39. The molecule has 0 fully saturated rings. The molecule has 134 valence electrons. The van der Waals surface area contributed by atoms with Crippen molar-refractivity contribution in [3.8, 4) is 0 Å². The van der Waals surface area contributed by atoms with Crippen LogP contribution in [0, 0.1) is 0 Å². The van der Waals surface area contributed by atoms with Crippen molar-refractivity contribution in [1.82, 2.24) is 5.32 Å². The van der Waals surface area contributed by atoms with Gasteiger partial charge in [0, 0.05) is 24.4 Å². The third-order valence-electron chi connectivity index (χ3n) is 3.45. The first-order valence-electron chi connectivity index (χ1n) is 7.89. The number of rotatable bonds is 8. The van der Waals surface area contributed by atoms with Gasteiger partial charge in [-0.15, -0.1) is 0 Å². The molecule has 7 heteroatoms. The van der Waals surface area contributed by atoms with Crippen LogP contribution < -0.4 is 10.0 Å². The second-order valence-electron chi connectivity index (χ2n) is 5.54. The third-order valence-corrected chi connectivity index (χ3v) is 4.05. The Morgan fingerprint density at radius 1 is 1.08 bits per heavy atom. The van der Waals surface area contributed by atoms with E-state index in [0.717, 1.165) is 17.4 Å². The van der Waals surface area contributed by atoms with Gasteiger partial charge in [-0.05, 0) is 36.2 Å². The number of ether oxygens (including phenoxy) is 1. The van der Waals surface area contributed by atoms with Gasteiger partial charge in [0.25, 0.3) is 5.91 Å². The highest BCUT2D eigenvalue weighted by Crippen LogP contribution is 2.13. The Kier molecular flexibility index (Phi) is 6.55. The number of benzene rings is 2. The summed E-state index contributed by atoms with van der Waals surface area (Å²) in [7, 11) is -3.39. The van der Waals surface area contributed by atoms with E-state index in [1.165, 1.54) is 6.07 Å². The summed E-state index contributed by atoms with van der Waals surface area (Å²) in [5, 5.41) is 2.85. The molecule has 0 heterocycles. The second kappa shape index (κ2) is 8.64. The molecule has 0 spiro atoms. The topological polar surface area (TPSA) is 84.5 Å². The van der Waals surface area contributed by atoms with E-state index in [1.54, 1.807) is 18.2 Å². The largest absolute Gasteiger partial charge is 0.377 e. The van der Waals surface area contributed by atoms with Crippen LogP contribution in [0.25, 0.3) is 0 Å². The maximum atomic E-state index is 12.3. The SMILES string of the molecule is CCOCc1ccccc1CNC(=O)c1cccc(NS(C)(=O)=O)c1. The Hall–Kier alpha value is -2.38. The van der Waals surface area contributed by atoms with Crippen molar-refractivity contribution >= 4 is 21.6 Å². The Labute approximate surface area is 148 Å². The highest BCUT2D eigenvalue weighted by molar-refractivity contribution is 7.92. The highest BCUT2D eigenvalue weighted by Gasteiger charge is 2.09. The molecule has 0 radical (unpaired) electrons. The summed E-state index contributed by atoms with van der Waals surface area (Å²) in [5.74, 6) is -0.275. The molecule has 2 rings (SSSR count). The number of hydrogen-bond acceptors (Lipinski definition) is 4. The first-order valence-corrected chi connectivity index (χ1v) is 9.79. The van der Waals surface area contributed by atoms with Crippen LogP contribution in [0.1, 0.15) is 28.4 Å². The van der Waals surface area contributed by atoms with E-state index in [9.17, 15) is 13.2 Å². The number of amides is 1. The lowest BCUT2D eigenvalue weighted by molar-refractivity contribution is 0.0950. The molecule has 1 amide bonds. The number of hydrogen-bond donors (Lipinski definition) is 2. The van der Waals surface area contributed by atoms with E-state index in [1.807, 2.05) is 31.2 Å². The van der Waals surface area contributed by atoms with E-state index in [0.29, 0.717) is 31.0 Å². The predicted molar refractivity (Wildman–Crippen MR) is 97.9 cm³/mol. The zero-order valence-electron chi connectivity index (χ0n) is 14.3. The van der Waals surface area contributed by atoms with E-state index in [-0.39, 0.29) is 5.91 Å². The lowest BCUT2D eigenvalue weighted by Crippen LogP contribution is -2.23. The van der Waals surface area contributed by atoms with Crippen LogP contribution in [0.4, 0.5) is 5.69 Å². The van der Waals surface area contributed by atoms with Gasteiger partial charge in [-0.3, -0.25) is 9.52 Å². The standard InChI is InChI=1S/C18H22N2O4S/c1-3-24-13-16-8-5-4-7-15(16)12-19-18(21)14-9-6-10-17(11-14)20-25(2,22)23/h4-11,20H,3,12-13H2,1-2H3,(H,19,21). The molecule has 0 atom stereocenters. The van der Waals surface area contributed by atoms with Crippen LogP contribution in [0.5, 0.6) is 0 Å². The average molecular weight is 362 g/mol. The third kappa shape index (κ3) is 6.21. The molecule has 25 heavy (non-hydrogen) atoms. The number of sulfonamides is 1. The zero-order chi connectivity index (χ0) is 18.3. The molecular weight excluding hydrogens is 340 g/mol. The average Bonchev–Trinajstić information content (AvgIpc) is 2.57. The van der Waals surface area contributed by atoms with Gasteiger partial charge in [-0.1, -0.05) is 30.3 Å². The molecule has 0 saturated heterocycles. The lowest BCUT2D eigenvalue weighted by Gasteiger charge is -2.11. The fourth-order valence-electron chi connectivity index (χ4n) is 2.30. The van der Waals surface area contributed by atoms with Gasteiger partial charge in [0.2, 0.25) is 10.0 Å². The van der Waals surface area contributed by atoms with Crippen LogP contribution in [0.2, 0.25) is 0 Å². The van der Waals surface area contributed by atoms with Crippen molar-refractivity contribution in [2.75, 3.05) is 17.6 Å². The first-order chi connectivity index (χ1) is 11.9. The zero-order valence-corrected chi connectivity index (χ0v) is 15.1. The molecule has 2 aromatic rings. The molecule has 0 aromatic heterocycles. The fraction of sp³-hybridized carbons (Fsp3) is 0.278. The molecule has 0 unspecified atom stereocenters. The van der Waals surface area contributed by atoms with Gasteiger partial charge in [0.15, 0.2) is 0 Å². The van der Waals surface area contributed by atoms with Crippen molar-refractivity contribution in [2.24, 2.45) is 0 Å². The molecule has 6 nitrogen and oxygen atoms in total. The summed E-state index contributed by atoms with van der Waals surface area (Å²) >= 11 is 0. The minimum Gasteiger partial charge on any atom is -0.377 e. The Morgan fingerprint density at radius 3 is 2.48 bits per heavy atom. The summed E-state index contributed by atoms with van der Waals surface area (Å²) in [6, 6.07) is 14.1. The van der Waals surface area contributed by atoms with Gasteiger partial charge in [-0.2, -0.15) is 0 Å². The van der Waals surface area contributed by atoms with Gasteiger partial charge < -0.3 is 10.1 Å². The molecule has 0 bridgehead atoms. The molecule has 0 aliphatic rings. The van der Waals surface area contributed by atoms with Crippen LogP contribution in [-0.4, -0.2) is 27.2 Å². The smallest absolute Gasteiger partial charge is 0.251 e. The lowest BCUT2D eigenvalue weighted by atomic mass is 10.1. The van der Waals surface area contributed by atoms with E-state index in [2.05, 4.69) is 10.0 Å². The normalized spacial score (nSPS) is 11.1. The van der Waals surface area contributed by atoms with Crippen molar-refractivity contribution in [2.45, 2.75) is 20.1 Å². The van der Waals surface area contributed by atoms with Gasteiger partial charge in [0.1, 0.15) is 0 Å². The highest BCUT2D eigenvalue weighted by atomic mass is 32.2. The number of carbonyl (C=O) groups is 1. The van der Waals surface area contributed by atoms with Gasteiger partial charge in [-0.25, -0.2) is 8.42 Å². The van der Waals surface area contributed by atoms with Gasteiger partial charge >= 0.3 is 0 Å². The minimum absolute atomic E-state index is 0.275. The predicted octanol–water partition coefficient (Wildman–Crippen LogP) is 2.52. The quantitative estimate of drug-likeness (QED) is 0.756. The number of carbonyl (C=O) groups excluding carboxylic acids is 1. The summed E-state index contributed by atoms with van der Waals surface area (Å²) in [6.45, 7) is 3.42. The number of nitrogens with one attached hydrogen (secondary N) is 2. The molecule has 2 N–H and O–H groups in total. The summed E-state index contributed by atoms with van der Waals surface area (Å²) < 4.78 is 30.4. The first kappa shape index (κ1) is 19.0. The maximum absolute atomic E-state index is 12.3. The Balaban J connectivity index is 2.05. The Morgan fingerprint density at radius 2 is 1.80 bits per heavy atom. The molecular formula is C18H22N2O4S. The van der Waals surface area contributed by atoms with Crippen molar-refractivity contribution in [1.29, 1.82) is 0 Å². The summed E-state index contributed by atoms with van der Waals surface area (Å²) in [5.41, 5.74) is 2.75. The fourth-order valence-corrected chi connectivity index (χ4v) is 2.85. The maximum Gasteiger partial charge on any atom is 0.251 e. The molecule has 0 saturated carbocycles. The Bertz CT molecular complexity index is 834. The molecule has 2 aromatic carbocycles. The summed E-state index contributed by atoms with van der Waals surface area (Å²) in [6.07, 6.45) is 1.06. The second-order valence-corrected chi connectivity index (χ2v) is 7.29. The van der Waals surface area contributed by atoms with E-state index < -0.39 is 10.0 Å². The molecule has 0 aliphatic carbocycles. The monoisotopic (exact) mass is 362 g/mol. The van der Waals surface area contributed by atoms with Crippen LogP contribution in [0.3, 0.4) is 0 Å². The summed E-state index contributed by atoms with van der Waals surface area (Å²) in [4.78, 5) is 12.3. The van der Waals surface area contributed by atoms with Crippen molar-refractivity contribution in [3.63, 3.8) is 0 Å². The van der Waals surface area contributed by atoms with Crippen molar-refractivity contribution in [3.05, 3.63) is 65.2 Å².